The molecule has 7 heteroatoms. The first-order valence-electron chi connectivity index (χ1n) is 10.4. The second kappa shape index (κ2) is 11.3. The summed E-state index contributed by atoms with van der Waals surface area (Å²) in [4.78, 5) is 12.0. The van der Waals surface area contributed by atoms with Crippen LogP contribution in [0.2, 0.25) is 0 Å². The Morgan fingerprint density at radius 1 is 0.903 bits per heavy atom. The summed E-state index contributed by atoms with van der Waals surface area (Å²) < 4.78 is 5.30. The summed E-state index contributed by atoms with van der Waals surface area (Å²) in [7, 11) is 0. The van der Waals surface area contributed by atoms with Gasteiger partial charge in [-0.05, 0) is 49.7 Å². The van der Waals surface area contributed by atoms with E-state index in [1.807, 2.05) is 48.5 Å². The number of furan rings is 1. The van der Waals surface area contributed by atoms with Crippen molar-refractivity contribution >= 4 is 28.9 Å². The molecule has 0 saturated heterocycles. The van der Waals surface area contributed by atoms with Gasteiger partial charge in [0.15, 0.2) is 0 Å². The number of nitrogens with zero attached hydrogens (tertiary/aromatic N) is 1. The van der Waals surface area contributed by atoms with Crippen LogP contribution < -0.4 is 16.2 Å². The average molecular weight is 439 g/mol. The third kappa shape index (κ3) is 5.96. The molecule has 4 aromatic rings. The van der Waals surface area contributed by atoms with Gasteiger partial charge in [-0.1, -0.05) is 36.8 Å². The zero-order valence-corrected chi connectivity index (χ0v) is 18.1. The lowest BCUT2D eigenvalue weighted by Crippen LogP contribution is -2.14. The van der Waals surface area contributed by atoms with Crippen molar-refractivity contribution in [1.82, 2.24) is 15.5 Å². The smallest absolute Gasteiger partial charge is 0.272 e. The fourth-order valence-corrected chi connectivity index (χ4v) is 3.52. The predicted molar refractivity (Wildman–Crippen MR) is 128 cm³/mol. The third-order valence-electron chi connectivity index (χ3n) is 5.07. The molecule has 2 aromatic heterocycles. The summed E-state index contributed by atoms with van der Waals surface area (Å²) in [5, 5.41) is 15.3. The van der Waals surface area contributed by atoms with Gasteiger partial charge in [-0.15, -0.1) is 12.4 Å². The number of unbranched alkanes of at least 4 members (excludes halogenated alkanes) is 2. The Hall–Kier alpha value is -3.09. The Kier molecular flexibility index (Phi) is 8.27. The highest BCUT2D eigenvalue weighted by molar-refractivity contribution is 5.94. The monoisotopic (exact) mass is 438 g/mol. The van der Waals surface area contributed by atoms with Gasteiger partial charge in [-0.3, -0.25) is 4.79 Å². The molecule has 0 aliphatic carbocycles. The number of H-pyrrole nitrogens is 1. The molecule has 4 rings (SSSR count). The number of hydrogen-bond donors (Lipinski definition) is 3. The molecule has 0 bridgehead atoms. The van der Waals surface area contributed by atoms with Crippen LogP contribution in [-0.2, 0) is 6.54 Å². The minimum absolute atomic E-state index is 0. The first kappa shape index (κ1) is 22.6. The molecule has 0 fully saturated rings. The van der Waals surface area contributed by atoms with Crippen molar-refractivity contribution in [3.63, 3.8) is 0 Å². The third-order valence-corrected chi connectivity index (χ3v) is 5.07. The number of fused-ring (bicyclic) bond motifs is 1. The van der Waals surface area contributed by atoms with E-state index in [4.69, 9.17) is 4.42 Å². The van der Waals surface area contributed by atoms with Crippen molar-refractivity contribution in [2.24, 2.45) is 0 Å². The predicted octanol–water partition coefficient (Wildman–Crippen LogP) is 4.98. The minimum Gasteiger partial charge on any atom is -0.468 e. The highest BCUT2D eigenvalue weighted by atomic mass is 35.5. The van der Waals surface area contributed by atoms with Gasteiger partial charge in [-0.2, -0.15) is 5.10 Å². The van der Waals surface area contributed by atoms with E-state index in [0.717, 1.165) is 67.0 Å². The molecule has 2 heterocycles. The molecular formula is C24H27ClN4O2. The summed E-state index contributed by atoms with van der Waals surface area (Å²) >= 11 is 0. The molecule has 0 aliphatic rings. The molecule has 31 heavy (non-hydrogen) atoms. The zero-order chi connectivity index (χ0) is 20.6. The number of nitrogens with one attached hydrogen (secondary N) is 3. The second-order valence-corrected chi connectivity index (χ2v) is 7.27. The highest BCUT2D eigenvalue weighted by Crippen LogP contribution is 2.26. The summed E-state index contributed by atoms with van der Waals surface area (Å²) in [6.07, 6.45) is 5.10. The van der Waals surface area contributed by atoms with Crippen LogP contribution in [0.5, 0.6) is 0 Å². The summed E-state index contributed by atoms with van der Waals surface area (Å²) in [5.74, 6) is 0.973. The van der Waals surface area contributed by atoms with E-state index < -0.39 is 0 Å². The maximum absolute atomic E-state index is 12.0. The number of rotatable bonds is 10. The van der Waals surface area contributed by atoms with Crippen molar-refractivity contribution in [2.45, 2.75) is 25.8 Å². The molecular weight excluding hydrogens is 412 g/mol. The van der Waals surface area contributed by atoms with Crippen LogP contribution in [0.3, 0.4) is 0 Å². The van der Waals surface area contributed by atoms with Crippen LogP contribution in [0.15, 0.2) is 76.1 Å². The molecule has 6 nitrogen and oxygen atoms in total. The topological polar surface area (TPSA) is 83.0 Å². The van der Waals surface area contributed by atoms with Crippen LogP contribution >= 0.6 is 12.4 Å². The van der Waals surface area contributed by atoms with Gasteiger partial charge in [0.25, 0.3) is 5.56 Å². The molecule has 0 unspecified atom stereocenters. The maximum Gasteiger partial charge on any atom is 0.272 e. The van der Waals surface area contributed by atoms with Crippen LogP contribution in [0.4, 0.5) is 5.69 Å². The SMILES string of the molecule is Cl.O=c1[nH]nc(-c2cccc(NCCCCCNCc3ccco3)c2)c2ccccc12. The zero-order valence-electron chi connectivity index (χ0n) is 17.3. The molecule has 0 spiro atoms. The normalized spacial score (nSPS) is 10.7. The number of hydrogen-bond acceptors (Lipinski definition) is 5. The number of halogens is 1. The van der Waals surface area contributed by atoms with Gasteiger partial charge in [0.1, 0.15) is 5.76 Å². The van der Waals surface area contributed by atoms with E-state index in [2.05, 4.69) is 33.0 Å². The van der Waals surface area contributed by atoms with Crippen molar-refractivity contribution in [3.05, 3.63) is 83.0 Å². The minimum atomic E-state index is -0.165. The molecule has 0 amide bonds. The van der Waals surface area contributed by atoms with E-state index >= 15 is 0 Å². The van der Waals surface area contributed by atoms with Gasteiger partial charge >= 0.3 is 0 Å². The van der Waals surface area contributed by atoms with E-state index in [1.165, 1.54) is 0 Å². The fourth-order valence-electron chi connectivity index (χ4n) is 3.52. The fraction of sp³-hybridized carbons (Fsp3) is 0.250. The quantitative estimate of drug-likeness (QED) is 0.304. The first-order chi connectivity index (χ1) is 14.8. The largest absolute Gasteiger partial charge is 0.468 e. The first-order valence-corrected chi connectivity index (χ1v) is 10.4. The molecule has 2 aromatic carbocycles. The molecule has 0 radical (unpaired) electrons. The lowest BCUT2D eigenvalue weighted by molar-refractivity contribution is 0.478. The maximum atomic E-state index is 12.0. The Balaban J connectivity index is 0.00000272. The van der Waals surface area contributed by atoms with Gasteiger partial charge < -0.3 is 15.1 Å². The Bertz CT molecular complexity index is 1140. The molecule has 0 saturated carbocycles. The van der Waals surface area contributed by atoms with E-state index in [-0.39, 0.29) is 18.0 Å². The van der Waals surface area contributed by atoms with Gasteiger partial charge in [-0.25, -0.2) is 5.10 Å². The lowest BCUT2D eigenvalue weighted by Gasteiger charge is -2.10. The molecule has 0 aliphatic heterocycles. The van der Waals surface area contributed by atoms with Crippen molar-refractivity contribution in [1.29, 1.82) is 0 Å². The Morgan fingerprint density at radius 3 is 2.58 bits per heavy atom. The highest BCUT2D eigenvalue weighted by Gasteiger charge is 2.08. The van der Waals surface area contributed by atoms with Crippen LogP contribution in [-0.4, -0.2) is 23.3 Å². The van der Waals surface area contributed by atoms with Crippen LogP contribution in [0.1, 0.15) is 25.0 Å². The summed E-state index contributed by atoms with van der Waals surface area (Å²) in [6, 6.07) is 19.6. The van der Waals surface area contributed by atoms with Crippen LogP contribution in [0.25, 0.3) is 22.0 Å². The lowest BCUT2D eigenvalue weighted by atomic mass is 10.0. The number of aromatic nitrogens is 2. The number of aromatic amines is 1. The van der Waals surface area contributed by atoms with Gasteiger partial charge in [0.05, 0.1) is 23.9 Å². The van der Waals surface area contributed by atoms with E-state index in [9.17, 15) is 4.79 Å². The molecule has 0 atom stereocenters. The average Bonchev–Trinajstić information content (AvgIpc) is 3.30. The Morgan fingerprint density at radius 2 is 1.74 bits per heavy atom. The standard InChI is InChI=1S/C24H26N4O2.ClH/c29-24-22-12-3-2-11-21(22)23(27-28-24)18-8-6-9-19(16-18)26-14-5-1-4-13-25-17-20-10-7-15-30-20;/h2-3,6-12,15-16,25-26H,1,4-5,13-14,17H2,(H,28,29);1H. The van der Waals surface area contributed by atoms with Gasteiger partial charge in [0.2, 0.25) is 0 Å². The van der Waals surface area contributed by atoms with Gasteiger partial charge in [0, 0.05) is 23.2 Å². The summed E-state index contributed by atoms with van der Waals surface area (Å²) in [6.45, 7) is 2.69. The summed E-state index contributed by atoms with van der Waals surface area (Å²) in [5.41, 5.74) is 2.66. The molecule has 162 valence electrons. The van der Waals surface area contributed by atoms with E-state index in [1.54, 1.807) is 6.26 Å². The Labute approximate surface area is 187 Å². The van der Waals surface area contributed by atoms with Crippen LogP contribution in [0, 0.1) is 0 Å². The van der Waals surface area contributed by atoms with Crippen molar-refractivity contribution in [2.75, 3.05) is 18.4 Å². The number of benzene rings is 2. The van der Waals surface area contributed by atoms with E-state index in [0.29, 0.717) is 5.39 Å². The second-order valence-electron chi connectivity index (χ2n) is 7.27. The number of anilines is 1. The van der Waals surface area contributed by atoms with Crippen molar-refractivity contribution < 1.29 is 4.42 Å². The molecule has 3 N–H and O–H groups in total. The van der Waals surface area contributed by atoms with Crippen molar-refractivity contribution in [3.8, 4) is 11.3 Å².